The number of nitrogens with one attached hydrogen (secondary N) is 1. The highest BCUT2D eigenvalue weighted by Crippen LogP contribution is 2.22. The Morgan fingerprint density at radius 1 is 1.41 bits per heavy atom. The Labute approximate surface area is 137 Å². The first-order valence-electron chi connectivity index (χ1n) is 7.49. The maximum absolute atomic E-state index is 11.8. The maximum atomic E-state index is 11.8. The molecule has 0 aliphatic heterocycles. The highest BCUT2D eigenvalue weighted by atomic mass is 32.2. The summed E-state index contributed by atoms with van der Waals surface area (Å²) in [7, 11) is -0.821. The summed E-state index contributed by atoms with van der Waals surface area (Å²) in [6.07, 6.45) is 4.61. The summed E-state index contributed by atoms with van der Waals surface area (Å²) in [5.74, 6) is 0.0650. The third-order valence-electron chi connectivity index (χ3n) is 3.57. The van der Waals surface area contributed by atoms with E-state index in [1.54, 1.807) is 17.6 Å². The van der Waals surface area contributed by atoms with Crippen molar-refractivity contribution in [3.8, 4) is 0 Å². The van der Waals surface area contributed by atoms with Crippen molar-refractivity contribution in [1.29, 1.82) is 0 Å². The SMILES string of the molecule is C[C@@H](CCNC(=O)CCCc1nc2ccccc2s1)[S@@](C)=O. The molecule has 0 bridgehead atoms. The van der Waals surface area contributed by atoms with Gasteiger partial charge in [-0.15, -0.1) is 11.3 Å². The molecule has 0 radical (unpaired) electrons. The van der Waals surface area contributed by atoms with Gasteiger partial charge in [0.25, 0.3) is 0 Å². The zero-order valence-electron chi connectivity index (χ0n) is 13.0. The van der Waals surface area contributed by atoms with Crippen molar-refractivity contribution in [2.45, 2.75) is 37.9 Å². The minimum absolute atomic E-state index is 0.0650. The lowest BCUT2D eigenvalue weighted by Crippen LogP contribution is -2.27. The summed E-state index contributed by atoms with van der Waals surface area (Å²) >= 11 is 1.70. The Kier molecular flexibility index (Phi) is 6.51. The van der Waals surface area contributed by atoms with E-state index in [9.17, 15) is 9.00 Å². The molecular formula is C16H22N2O2S2. The molecule has 0 aliphatic rings. The smallest absolute Gasteiger partial charge is 0.220 e. The molecule has 1 aromatic carbocycles. The highest BCUT2D eigenvalue weighted by molar-refractivity contribution is 7.84. The molecule has 2 rings (SSSR count). The topological polar surface area (TPSA) is 59.1 Å². The lowest BCUT2D eigenvalue weighted by molar-refractivity contribution is -0.121. The summed E-state index contributed by atoms with van der Waals surface area (Å²) in [4.78, 5) is 16.3. The average Bonchev–Trinajstić information content (AvgIpc) is 2.89. The fourth-order valence-electron chi connectivity index (χ4n) is 2.10. The van der Waals surface area contributed by atoms with Gasteiger partial charge in [-0.05, 0) is 31.4 Å². The van der Waals surface area contributed by atoms with Crippen molar-refractivity contribution in [3.05, 3.63) is 29.3 Å². The van der Waals surface area contributed by atoms with E-state index < -0.39 is 10.8 Å². The second-order valence-electron chi connectivity index (χ2n) is 5.38. The predicted octanol–water partition coefficient (Wildman–Crippen LogP) is 2.89. The van der Waals surface area contributed by atoms with Crippen LogP contribution in [-0.4, -0.2) is 33.2 Å². The number of nitrogens with zero attached hydrogens (tertiary/aromatic N) is 1. The molecule has 0 saturated heterocycles. The van der Waals surface area contributed by atoms with E-state index in [0.29, 0.717) is 13.0 Å². The fourth-order valence-corrected chi connectivity index (χ4v) is 3.56. The van der Waals surface area contributed by atoms with E-state index in [2.05, 4.69) is 16.4 Å². The van der Waals surface area contributed by atoms with Crippen molar-refractivity contribution in [2.75, 3.05) is 12.8 Å². The molecule has 0 unspecified atom stereocenters. The molecule has 120 valence electrons. The summed E-state index contributed by atoms with van der Waals surface area (Å²) in [6, 6.07) is 8.09. The lowest BCUT2D eigenvalue weighted by Gasteiger charge is -2.09. The molecule has 0 fully saturated rings. The molecule has 0 saturated carbocycles. The summed E-state index contributed by atoms with van der Waals surface area (Å²) in [5.41, 5.74) is 1.04. The Bertz CT molecular complexity index is 621. The molecule has 2 aromatic rings. The van der Waals surface area contributed by atoms with Gasteiger partial charge in [-0.3, -0.25) is 9.00 Å². The van der Waals surface area contributed by atoms with E-state index in [-0.39, 0.29) is 11.2 Å². The summed E-state index contributed by atoms with van der Waals surface area (Å²) in [5, 5.41) is 4.11. The quantitative estimate of drug-likeness (QED) is 0.805. The first kappa shape index (κ1) is 17.1. The van der Waals surface area contributed by atoms with Crippen LogP contribution in [0, 0.1) is 0 Å². The van der Waals surface area contributed by atoms with Crippen LogP contribution in [0.25, 0.3) is 10.2 Å². The number of fused-ring (bicyclic) bond motifs is 1. The van der Waals surface area contributed by atoms with E-state index >= 15 is 0 Å². The van der Waals surface area contributed by atoms with Crippen LogP contribution < -0.4 is 5.32 Å². The third-order valence-corrected chi connectivity index (χ3v) is 6.04. The van der Waals surface area contributed by atoms with Crippen LogP contribution in [0.4, 0.5) is 0 Å². The molecule has 4 nitrogen and oxygen atoms in total. The van der Waals surface area contributed by atoms with Crippen molar-refractivity contribution >= 4 is 38.3 Å². The zero-order chi connectivity index (χ0) is 15.9. The molecule has 22 heavy (non-hydrogen) atoms. The zero-order valence-corrected chi connectivity index (χ0v) is 14.6. The van der Waals surface area contributed by atoms with E-state index in [1.807, 2.05) is 25.1 Å². The average molecular weight is 338 g/mol. The molecule has 1 N–H and O–H groups in total. The Balaban J connectivity index is 1.67. The number of carbonyl (C=O) groups excluding carboxylic acids is 1. The molecule has 0 aliphatic carbocycles. The number of rotatable bonds is 8. The van der Waals surface area contributed by atoms with Crippen molar-refractivity contribution < 1.29 is 9.00 Å². The monoisotopic (exact) mass is 338 g/mol. The van der Waals surface area contributed by atoms with Gasteiger partial charge < -0.3 is 5.32 Å². The number of carbonyl (C=O) groups is 1. The van der Waals surface area contributed by atoms with Gasteiger partial charge in [0.05, 0.1) is 15.2 Å². The summed E-state index contributed by atoms with van der Waals surface area (Å²) in [6.45, 7) is 2.54. The van der Waals surface area contributed by atoms with Gasteiger partial charge in [0, 0.05) is 35.3 Å². The van der Waals surface area contributed by atoms with E-state index in [4.69, 9.17) is 0 Å². The minimum atomic E-state index is -0.821. The number of aromatic nitrogens is 1. The van der Waals surface area contributed by atoms with E-state index in [1.165, 1.54) is 4.70 Å². The minimum Gasteiger partial charge on any atom is -0.356 e. The van der Waals surface area contributed by atoms with Gasteiger partial charge >= 0.3 is 0 Å². The van der Waals surface area contributed by atoms with Crippen LogP contribution >= 0.6 is 11.3 Å². The van der Waals surface area contributed by atoms with Gasteiger partial charge in [-0.1, -0.05) is 19.1 Å². The van der Waals surface area contributed by atoms with Crippen molar-refractivity contribution in [2.24, 2.45) is 0 Å². The fraction of sp³-hybridized carbons (Fsp3) is 0.500. The molecule has 0 spiro atoms. The normalized spacial score (nSPS) is 13.9. The van der Waals surface area contributed by atoms with Gasteiger partial charge in [0.15, 0.2) is 0 Å². The van der Waals surface area contributed by atoms with Gasteiger partial charge in [0.2, 0.25) is 5.91 Å². The molecule has 1 heterocycles. The predicted molar refractivity (Wildman–Crippen MR) is 93.7 cm³/mol. The van der Waals surface area contributed by atoms with Crippen LogP contribution in [0.2, 0.25) is 0 Å². The number of thiazole rings is 1. The first-order valence-corrected chi connectivity index (χ1v) is 9.93. The number of para-hydroxylation sites is 1. The van der Waals surface area contributed by atoms with Crippen LogP contribution in [0.15, 0.2) is 24.3 Å². The van der Waals surface area contributed by atoms with E-state index in [0.717, 1.165) is 29.8 Å². The second kappa shape index (κ2) is 8.39. The number of aryl methyl sites for hydroxylation is 1. The number of benzene rings is 1. The number of hydrogen-bond acceptors (Lipinski definition) is 4. The van der Waals surface area contributed by atoms with Gasteiger partial charge in [0.1, 0.15) is 0 Å². The number of hydrogen-bond donors (Lipinski definition) is 1. The van der Waals surface area contributed by atoms with Crippen LogP contribution in [-0.2, 0) is 22.0 Å². The lowest BCUT2D eigenvalue weighted by atomic mass is 10.2. The van der Waals surface area contributed by atoms with Crippen molar-refractivity contribution in [3.63, 3.8) is 0 Å². The standard InChI is InChI=1S/C16H22N2O2S2/c1-12(22(2)20)10-11-17-15(19)8-5-9-16-18-13-6-3-4-7-14(13)21-16/h3-4,6-7,12H,5,8-11H2,1-2H3,(H,17,19)/t12-,22+/m0/s1. The third kappa shape index (κ3) is 5.18. The molecule has 1 amide bonds. The van der Waals surface area contributed by atoms with Crippen molar-refractivity contribution in [1.82, 2.24) is 10.3 Å². The number of amides is 1. The molecule has 2 atom stereocenters. The van der Waals surface area contributed by atoms with Gasteiger partial charge in [-0.25, -0.2) is 4.98 Å². The summed E-state index contributed by atoms with van der Waals surface area (Å²) < 4.78 is 12.4. The van der Waals surface area contributed by atoms with Crippen LogP contribution in [0.5, 0.6) is 0 Å². The highest BCUT2D eigenvalue weighted by Gasteiger charge is 2.08. The largest absolute Gasteiger partial charge is 0.356 e. The molecule has 6 heteroatoms. The van der Waals surface area contributed by atoms with Crippen LogP contribution in [0.1, 0.15) is 31.2 Å². The first-order chi connectivity index (χ1) is 10.6. The Morgan fingerprint density at radius 3 is 2.91 bits per heavy atom. The Morgan fingerprint density at radius 2 is 2.18 bits per heavy atom. The second-order valence-corrected chi connectivity index (χ2v) is 8.29. The van der Waals surface area contributed by atoms with Gasteiger partial charge in [-0.2, -0.15) is 0 Å². The maximum Gasteiger partial charge on any atom is 0.220 e. The van der Waals surface area contributed by atoms with Crippen LogP contribution in [0.3, 0.4) is 0 Å². The molecule has 1 aromatic heterocycles. The Hall–Kier alpha value is -1.27. The molecular weight excluding hydrogens is 316 g/mol.